The number of rotatable bonds is 5. The SMILES string of the molecule is Fc1cnc(N2CC[C@@H]3OCCC[C@@]3(COCc3ccccn3)C2)nc1. The highest BCUT2D eigenvalue weighted by Crippen LogP contribution is 2.41. The minimum atomic E-state index is -0.418. The lowest BCUT2D eigenvalue weighted by Crippen LogP contribution is -2.57. The summed E-state index contributed by atoms with van der Waals surface area (Å²) >= 11 is 0. The molecule has 0 aromatic carbocycles. The van der Waals surface area contributed by atoms with Crippen molar-refractivity contribution in [1.29, 1.82) is 0 Å². The van der Waals surface area contributed by atoms with Crippen molar-refractivity contribution in [2.45, 2.75) is 32.0 Å². The summed E-state index contributed by atoms with van der Waals surface area (Å²) in [5, 5.41) is 0. The Morgan fingerprint density at radius 1 is 1.27 bits per heavy atom. The quantitative estimate of drug-likeness (QED) is 0.819. The Kier molecular flexibility index (Phi) is 5.08. The zero-order valence-corrected chi connectivity index (χ0v) is 14.7. The summed E-state index contributed by atoms with van der Waals surface area (Å²) in [6, 6.07) is 5.83. The summed E-state index contributed by atoms with van der Waals surface area (Å²) in [5.74, 6) is 0.151. The molecule has 0 spiro atoms. The van der Waals surface area contributed by atoms with Crippen LogP contribution in [0.4, 0.5) is 10.3 Å². The molecule has 2 saturated heterocycles. The standard InChI is InChI=1S/C19H23FN4O2/c20-15-10-22-18(23-11-15)24-8-5-17-19(13-24,6-3-9-26-17)14-25-12-16-4-1-2-7-21-16/h1-2,4,7,10-11,17H,3,5-6,8-9,12-14H2/t17-,19-/m0/s1. The summed E-state index contributed by atoms with van der Waals surface area (Å²) in [5.41, 5.74) is 0.829. The summed E-state index contributed by atoms with van der Waals surface area (Å²) in [6.07, 6.45) is 7.34. The van der Waals surface area contributed by atoms with Crippen LogP contribution in [0, 0.1) is 11.2 Å². The summed E-state index contributed by atoms with van der Waals surface area (Å²) < 4.78 is 25.3. The van der Waals surface area contributed by atoms with Gasteiger partial charge >= 0.3 is 0 Å². The number of hydrogen-bond acceptors (Lipinski definition) is 6. The summed E-state index contributed by atoms with van der Waals surface area (Å²) in [4.78, 5) is 14.7. The Labute approximate surface area is 152 Å². The highest BCUT2D eigenvalue weighted by Gasteiger charge is 2.46. The van der Waals surface area contributed by atoms with Crippen LogP contribution in [0.5, 0.6) is 0 Å². The minimum absolute atomic E-state index is 0.0942. The molecule has 2 aliphatic rings. The van der Waals surface area contributed by atoms with Gasteiger partial charge in [0.1, 0.15) is 0 Å². The predicted octanol–water partition coefficient (Wildman–Crippen LogP) is 2.60. The van der Waals surface area contributed by atoms with Gasteiger partial charge in [-0.15, -0.1) is 0 Å². The molecule has 0 saturated carbocycles. The molecule has 4 heterocycles. The lowest BCUT2D eigenvalue weighted by atomic mass is 9.73. The van der Waals surface area contributed by atoms with Crippen LogP contribution in [0.15, 0.2) is 36.8 Å². The van der Waals surface area contributed by atoms with E-state index in [0.717, 1.165) is 44.7 Å². The Bertz CT molecular complexity index is 715. The molecule has 26 heavy (non-hydrogen) atoms. The first-order chi connectivity index (χ1) is 12.8. The molecule has 0 radical (unpaired) electrons. The molecule has 2 aliphatic heterocycles. The van der Waals surface area contributed by atoms with E-state index in [1.165, 1.54) is 12.4 Å². The van der Waals surface area contributed by atoms with Gasteiger partial charge in [-0.05, 0) is 31.4 Å². The van der Waals surface area contributed by atoms with Gasteiger partial charge in [-0.1, -0.05) is 6.07 Å². The van der Waals surface area contributed by atoms with E-state index in [2.05, 4.69) is 19.9 Å². The molecule has 0 aliphatic carbocycles. The monoisotopic (exact) mass is 358 g/mol. The fraction of sp³-hybridized carbons (Fsp3) is 0.526. The zero-order chi connectivity index (χ0) is 17.8. The second kappa shape index (κ2) is 7.63. The number of ether oxygens (including phenoxy) is 2. The molecular weight excluding hydrogens is 335 g/mol. The van der Waals surface area contributed by atoms with Gasteiger partial charge in [0.05, 0.1) is 37.4 Å². The van der Waals surface area contributed by atoms with Crippen molar-refractivity contribution in [1.82, 2.24) is 15.0 Å². The van der Waals surface area contributed by atoms with Gasteiger partial charge in [0, 0.05) is 31.3 Å². The molecule has 2 atom stereocenters. The Morgan fingerprint density at radius 3 is 2.96 bits per heavy atom. The summed E-state index contributed by atoms with van der Waals surface area (Å²) in [7, 11) is 0. The summed E-state index contributed by atoms with van der Waals surface area (Å²) in [6.45, 7) is 3.46. The molecule has 138 valence electrons. The number of piperidine rings is 1. The van der Waals surface area contributed by atoms with E-state index in [1.54, 1.807) is 6.20 Å². The highest BCUT2D eigenvalue weighted by molar-refractivity contribution is 5.31. The smallest absolute Gasteiger partial charge is 0.225 e. The van der Waals surface area contributed by atoms with Crippen LogP contribution >= 0.6 is 0 Å². The second-order valence-corrected chi connectivity index (χ2v) is 7.05. The average molecular weight is 358 g/mol. The molecule has 0 bridgehead atoms. The van der Waals surface area contributed by atoms with E-state index >= 15 is 0 Å². The first kappa shape index (κ1) is 17.3. The maximum Gasteiger partial charge on any atom is 0.225 e. The normalized spacial score (nSPS) is 25.7. The van der Waals surface area contributed by atoms with E-state index in [0.29, 0.717) is 19.2 Å². The molecule has 7 heteroatoms. The van der Waals surface area contributed by atoms with Gasteiger partial charge in [0.15, 0.2) is 5.82 Å². The van der Waals surface area contributed by atoms with Crippen LogP contribution in [0.25, 0.3) is 0 Å². The van der Waals surface area contributed by atoms with Gasteiger partial charge < -0.3 is 14.4 Å². The van der Waals surface area contributed by atoms with Crippen LogP contribution in [0.3, 0.4) is 0 Å². The number of fused-ring (bicyclic) bond motifs is 1. The lowest BCUT2D eigenvalue weighted by molar-refractivity contribution is -0.128. The molecule has 0 N–H and O–H groups in total. The first-order valence-corrected chi connectivity index (χ1v) is 9.07. The average Bonchev–Trinajstić information content (AvgIpc) is 2.69. The third-order valence-electron chi connectivity index (χ3n) is 5.24. The van der Waals surface area contributed by atoms with Crippen LogP contribution in [0.1, 0.15) is 25.0 Å². The Balaban J connectivity index is 1.46. The van der Waals surface area contributed by atoms with Gasteiger partial charge in [-0.3, -0.25) is 4.98 Å². The van der Waals surface area contributed by atoms with Crippen molar-refractivity contribution in [3.8, 4) is 0 Å². The molecule has 6 nitrogen and oxygen atoms in total. The van der Waals surface area contributed by atoms with Gasteiger partial charge in [-0.25, -0.2) is 14.4 Å². The largest absolute Gasteiger partial charge is 0.377 e. The molecule has 0 amide bonds. The Hall–Kier alpha value is -2.12. The lowest BCUT2D eigenvalue weighted by Gasteiger charge is -2.50. The van der Waals surface area contributed by atoms with Crippen LogP contribution in [-0.2, 0) is 16.1 Å². The van der Waals surface area contributed by atoms with Crippen molar-refractivity contribution >= 4 is 5.95 Å². The maximum absolute atomic E-state index is 13.1. The molecular formula is C19H23FN4O2. The van der Waals surface area contributed by atoms with E-state index in [9.17, 15) is 4.39 Å². The van der Waals surface area contributed by atoms with E-state index < -0.39 is 5.82 Å². The van der Waals surface area contributed by atoms with Gasteiger partial charge in [0.2, 0.25) is 5.95 Å². The van der Waals surface area contributed by atoms with Crippen molar-refractivity contribution in [3.63, 3.8) is 0 Å². The highest BCUT2D eigenvalue weighted by atomic mass is 19.1. The van der Waals surface area contributed by atoms with Gasteiger partial charge in [-0.2, -0.15) is 0 Å². The topological polar surface area (TPSA) is 60.4 Å². The Morgan fingerprint density at radius 2 is 2.15 bits per heavy atom. The number of hydrogen-bond donors (Lipinski definition) is 0. The van der Waals surface area contributed by atoms with E-state index in [4.69, 9.17) is 9.47 Å². The second-order valence-electron chi connectivity index (χ2n) is 7.05. The maximum atomic E-state index is 13.1. The third kappa shape index (κ3) is 3.68. The van der Waals surface area contributed by atoms with Crippen LogP contribution in [-0.4, -0.2) is 47.4 Å². The number of aromatic nitrogens is 3. The number of pyridine rings is 1. The van der Waals surface area contributed by atoms with Crippen LogP contribution < -0.4 is 4.90 Å². The fourth-order valence-electron chi connectivity index (χ4n) is 3.98. The third-order valence-corrected chi connectivity index (χ3v) is 5.24. The number of nitrogens with zero attached hydrogens (tertiary/aromatic N) is 4. The fourth-order valence-corrected chi connectivity index (χ4v) is 3.98. The predicted molar refractivity (Wildman–Crippen MR) is 94.1 cm³/mol. The van der Waals surface area contributed by atoms with Crippen LogP contribution in [0.2, 0.25) is 0 Å². The van der Waals surface area contributed by atoms with Crippen molar-refractivity contribution in [2.75, 3.05) is 31.2 Å². The van der Waals surface area contributed by atoms with Crippen molar-refractivity contribution in [2.24, 2.45) is 5.41 Å². The number of halogens is 1. The minimum Gasteiger partial charge on any atom is -0.377 e. The first-order valence-electron chi connectivity index (χ1n) is 9.07. The molecule has 0 unspecified atom stereocenters. The van der Waals surface area contributed by atoms with Crippen molar-refractivity contribution < 1.29 is 13.9 Å². The molecule has 2 aromatic heterocycles. The number of anilines is 1. The molecule has 2 fully saturated rings. The van der Waals surface area contributed by atoms with Gasteiger partial charge in [0.25, 0.3) is 0 Å². The zero-order valence-electron chi connectivity index (χ0n) is 14.7. The van der Waals surface area contributed by atoms with E-state index in [-0.39, 0.29) is 11.5 Å². The molecule has 2 aromatic rings. The van der Waals surface area contributed by atoms with E-state index in [1.807, 2.05) is 18.2 Å². The molecule has 4 rings (SSSR count). The van der Waals surface area contributed by atoms with Crippen molar-refractivity contribution in [3.05, 3.63) is 48.3 Å².